The SMILES string of the molecule is CS(=O)(=O)c1cscc1C(N)=O. The Labute approximate surface area is 73.9 Å². The zero-order valence-corrected chi connectivity index (χ0v) is 7.91. The van der Waals surface area contributed by atoms with Crippen LogP contribution in [0.5, 0.6) is 0 Å². The first-order chi connectivity index (χ1) is 5.43. The van der Waals surface area contributed by atoms with E-state index in [2.05, 4.69) is 0 Å². The van der Waals surface area contributed by atoms with Crippen molar-refractivity contribution < 1.29 is 13.2 Å². The molecule has 0 saturated heterocycles. The Balaban J connectivity index is 3.36. The Morgan fingerprint density at radius 3 is 2.42 bits per heavy atom. The van der Waals surface area contributed by atoms with Crippen LogP contribution in [0.25, 0.3) is 0 Å². The lowest BCUT2D eigenvalue weighted by atomic mass is 10.3. The molecule has 1 heterocycles. The van der Waals surface area contributed by atoms with Gasteiger partial charge < -0.3 is 5.73 Å². The Morgan fingerprint density at radius 1 is 1.50 bits per heavy atom. The first kappa shape index (κ1) is 9.21. The van der Waals surface area contributed by atoms with Crippen LogP contribution in [0, 0.1) is 0 Å². The van der Waals surface area contributed by atoms with Crippen molar-refractivity contribution in [2.45, 2.75) is 4.90 Å². The van der Waals surface area contributed by atoms with Crippen LogP contribution in [-0.4, -0.2) is 20.6 Å². The van der Waals surface area contributed by atoms with Crippen LogP contribution in [0.2, 0.25) is 0 Å². The molecule has 0 aliphatic rings. The molecule has 1 aromatic rings. The van der Waals surface area contributed by atoms with Crippen molar-refractivity contribution in [1.29, 1.82) is 0 Å². The van der Waals surface area contributed by atoms with Gasteiger partial charge in [0.15, 0.2) is 9.84 Å². The monoisotopic (exact) mass is 205 g/mol. The first-order valence-electron chi connectivity index (χ1n) is 2.99. The van der Waals surface area contributed by atoms with Gasteiger partial charge in [-0.1, -0.05) is 0 Å². The Bertz CT molecular complexity index is 404. The van der Waals surface area contributed by atoms with Crippen molar-refractivity contribution in [2.75, 3.05) is 6.26 Å². The number of thiophene rings is 1. The number of carbonyl (C=O) groups is 1. The average molecular weight is 205 g/mol. The molecule has 1 rings (SSSR count). The lowest BCUT2D eigenvalue weighted by molar-refractivity contribution is 0.0998. The summed E-state index contributed by atoms with van der Waals surface area (Å²) in [6, 6.07) is 0. The molecule has 1 aromatic heterocycles. The van der Waals surface area contributed by atoms with E-state index in [0.29, 0.717) is 0 Å². The van der Waals surface area contributed by atoms with Gasteiger partial charge in [-0.3, -0.25) is 4.79 Å². The number of hydrogen-bond donors (Lipinski definition) is 1. The molecule has 0 aliphatic heterocycles. The highest BCUT2D eigenvalue weighted by atomic mass is 32.2. The van der Waals surface area contributed by atoms with Crippen molar-refractivity contribution >= 4 is 27.1 Å². The maximum Gasteiger partial charge on any atom is 0.250 e. The zero-order valence-electron chi connectivity index (χ0n) is 6.27. The predicted molar refractivity (Wildman–Crippen MR) is 45.9 cm³/mol. The van der Waals surface area contributed by atoms with Gasteiger partial charge in [0.25, 0.3) is 5.91 Å². The Kier molecular flexibility index (Phi) is 2.20. The molecule has 0 radical (unpaired) electrons. The summed E-state index contributed by atoms with van der Waals surface area (Å²) in [7, 11) is -3.33. The number of primary amides is 1. The second-order valence-electron chi connectivity index (χ2n) is 2.29. The Hall–Kier alpha value is -0.880. The summed E-state index contributed by atoms with van der Waals surface area (Å²) in [6.45, 7) is 0. The minimum absolute atomic E-state index is 0.0139. The smallest absolute Gasteiger partial charge is 0.250 e. The van der Waals surface area contributed by atoms with E-state index in [1.54, 1.807) is 0 Å². The molecule has 0 aromatic carbocycles. The van der Waals surface area contributed by atoms with Crippen LogP contribution in [0.3, 0.4) is 0 Å². The van der Waals surface area contributed by atoms with Crippen LogP contribution < -0.4 is 5.73 Å². The zero-order chi connectivity index (χ0) is 9.35. The van der Waals surface area contributed by atoms with Gasteiger partial charge >= 0.3 is 0 Å². The fraction of sp³-hybridized carbons (Fsp3) is 0.167. The number of amides is 1. The number of rotatable bonds is 2. The van der Waals surface area contributed by atoms with E-state index in [1.165, 1.54) is 10.8 Å². The molecular formula is C6H7NO3S2. The molecular weight excluding hydrogens is 198 g/mol. The maximum atomic E-state index is 11.0. The van der Waals surface area contributed by atoms with Crippen LogP contribution in [0.4, 0.5) is 0 Å². The third-order valence-electron chi connectivity index (χ3n) is 1.29. The van der Waals surface area contributed by atoms with Gasteiger partial charge in [-0.15, -0.1) is 0 Å². The van der Waals surface area contributed by atoms with E-state index in [1.807, 2.05) is 0 Å². The second-order valence-corrected chi connectivity index (χ2v) is 5.01. The summed E-state index contributed by atoms with van der Waals surface area (Å²) < 4.78 is 22.0. The van der Waals surface area contributed by atoms with E-state index in [-0.39, 0.29) is 10.5 Å². The van der Waals surface area contributed by atoms with E-state index >= 15 is 0 Å². The first-order valence-corrected chi connectivity index (χ1v) is 5.82. The summed E-state index contributed by atoms with van der Waals surface area (Å²) >= 11 is 1.14. The van der Waals surface area contributed by atoms with Crippen molar-refractivity contribution in [1.82, 2.24) is 0 Å². The van der Waals surface area contributed by atoms with Crippen molar-refractivity contribution in [2.24, 2.45) is 5.73 Å². The molecule has 6 heteroatoms. The van der Waals surface area contributed by atoms with Crippen LogP contribution in [0.15, 0.2) is 15.7 Å². The van der Waals surface area contributed by atoms with E-state index in [9.17, 15) is 13.2 Å². The molecule has 2 N–H and O–H groups in total. The molecule has 1 amide bonds. The van der Waals surface area contributed by atoms with Gasteiger partial charge in [0.05, 0.1) is 10.5 Å². The van der Waals surface area contributed by atoms with Gasteiger partial charge in [-0.25, -0.2) is 8.42 Å². The number of sulfone groups is 1. The van der Waals surface area contributed by atoms with E-state index in [0.717, 1.165) is 17.6 Å². The Morgan fingerprint density at radius 2 is 2.08 bits per heavy atom. The fourth-order valence-corrected chi connectivity index (χ4v) is 2.95. The van der Waals surface area contributed by atoms with Crippen LogP contribution in [0.1, 0.15) is 10.4 Å². The number of carbonyl (C=O) groups excluding carboxylic acids is 1. The van der Waals surface area contributed by atoms with Gasteiger partial charge in [-0.05, 0) is 0 Å². The minimum atomic E-state index is -3.33. The quantitative estimate of drug-likeness (QED) is 0.751. The molecule has 0 saturated carbocycles. The standard InChI is InChI=1S/C6H7NO3S2/c1-12(9,10)5-3-11-2-4(5)6(7)8/h2-3H,1H3,(H2,7,8). The average Bonchev–Trinajstić information content (AvgIpc) is 2.30. The van der Waals surface area contributed by atoms with Crippen molar-refractivity contribution in [3.63, 3.8) is 0 Å². The summed E-state index contributed by atoms with van der Waals surface area (Å²) in [4.78, 5) is 10.7. The summed E-state index contributed by atoms with van der Waals surface area (Å²) in [5, 5.41) is 2.83. The highest BCUT2D eigenvalue weighted by Gasteiger charge is 2.17. The maximum absolute atomic E-state index is 11.0. The summed E-state index contributed by atoms with van der Waals surface area (Å²) in [5.74, 6) is -0.711. The lowest BCUT2D eigenvalue weighted by Crippen LogP contribution is -2.13. The van der Waals surface area contributed by atoms with Crippen molar-refractivity contribution in [3.8, 4) is 0 Å². The largest absolute Gasteiger partial charge is 0.366 e. The molecule has 12 heavy (non-hydrogen) atoms. The molecule has 0 aliphatic carbocycles. The van der Waals surface area contributed by atoms with Gasteiger partial charge in [0, 0.05) is 17.0 Å². The molecule has 66 valence electrons. The number of hydrogen-bond acceptors (Lipinski definition) is 4. The van der Waals surface area contributed by atoms with Gasteiger partial charge in [-0.2, -0.15) is 11.3 Å². The topological polar surface area (TPSA) is 77.2 Å². The van der Waals surface area contributed by atoms with E-state index in [4.69, 9.17) is 5.73 Å². The minimum Gasteiger partial charge on any atom is -0.366 e. The molecule has 4 nitrogen and oxygen atoms in total. The molecule has 0 unspecified atom stereocenters. The highest BCUT2D eigenvalue weighted by Crippen LogP contribution is 2.19. The van der Waals surface area contributed by atoms with Crippen LogP contribution in [-0.2, 0) is 9.84 Å². The third-order valence-corrected chi connectivity index (χ3v) is 3.32. The molecule has 0 spiro atoms. The molecule has 0 bridgehead atoms. The fourth-order valence-electron chi connectivity index (χ4n) is 0.752. The second kappa shape index (κ2) is 2.87. The van der Waals surface area contributed by atoms with Crippen LogP contribution >= 0.6 is 11.3 Å². The lowest BCUT2D eigenvalue weighted by Gasteiger charge is -1.95. The normalized spacial score (nSPS) is 11.4. The third kappa shape index (κ3) is 1.64. The van der Waals surface area contributed by atoms with E-state index < -0.39 is 15.7 Å². The highest BCUT2D eigenvalue weighted by molar-refractivity contribution is 7.91. The van der Waals surface area contributed by atoms with Crippen molar-refractivity contribution in [3.05, 3.63) is 16.3 Å². The van der Waals surface area contributed by atoms with Gasteiger partial charge in [0.2, 0.25) is 0 Å². The molecule has 0 atom stereocenters. The van der Waals surface area contributed by atoms with Gasteiger partial charge in [0.1, 0.15) is 0 Å². The summed E-state index contributed by atoms with van der Waals surface area (Å²) in [5.41, 5.74) is 5.03. The molecule has 0 fully saturated rings. The summed E-state index contributed by atoms with van der Waals surface area (Å²) in [6.07, 6.45) is 1.04. The number of nitrogens with two attached hydrogens (primary N) is 1. The predicted octanol–water partition coefficient (Wildman–Crippen LogP) is 0.251.